The van der Waals surface area contributed by atoms with E-state index in [1.54, 1.807) is 24.5 Å². The molecule has 5 nitrogen and oxygen atoms in total. The van der Waals surface area contributed by atoms with Crippen molar-refractivity contribution in [2.75, 3.05) is 24.8 Å². The van der Waals surface area contributed by atoms with Gasteiger partial charge in [0.2, 0.25) is 5.91 Å². The number of benzene rings is 2. The number of amides is 1. The molecule has 3 rings (SSSR count). The van der Waals surface area contributed by atoms with Crippen molar-refractivity contribution in [2.24, 2.45) is 5.92 Å². The number of halogens is 1. The molecule has 0 aromatic heterocycles. The second-order valence-electron chi connectivity index (χ2n) is 6.43. The van der Waals surface area contributed by atoms with Gasteiger partial charge in [0.25, 0.3) is 0 Å². The maximum atomic E-state index is 12.7. The largest absolute Gasteiger partial charge is 0.494 e. The lowest BCUT2D eigenvalue weighted by Crippen LogP contribution is -2.32. The highest BCUT2D eigenvalue weighted by Gasteiger charge is 2.26. The minimum absolute atomic E-state index is 0.117. The molecule has 27 heavy (non-hydrogen) atoms. The number of nitrogens with one attached hydrogen (secondary N) is 1. The first-order chi connectivity index (χ1) is 13.0. The molecule has 0 bridgehead atoms. The van der Waals surface area contributed by atoms with Gasteiger partial charge in [-0.05, 0) is 60.9 Å². The van der Waals surface area contributed by atoms with Crippen molar-refractivity contribution in [1.29, 1.82) is 0 Å². The van der Waals surface area contributed by atoms with Crippen molar-refractivity contribution in [3.8, 4) is 11.5 Å². The van der Waals surface area contributed by atoms with E-state index in [1.165, 1.54) is 0 Å². The van der Waals surface area contributed by atoms with Crippen molar-refractivity contribution in [2.45, 2.75) is 19.1 Å². The van der Waals surface area contributed by atoms with Gasteiger partial charge in [-0.15, -0.1) is 0 Å². The van der Waals surface area contributed by atoms with E-state index in [4.69, 9.17) is 21.1 Å². The summed E-state index contributed by atoms with van der Waals surface area (Å²) in [5.41, 5.74) is 2.35. The summed E-state index contributed by atoms with van der Waals surface area (Å²) in [6, 6.07) is 10.9. The van der Waals surface area contributed by atoms with Gasteiger partial charge in [-0.2, -0.15) is 0 Å². The van der Waals surface area contributed by atoms with E-state index in [-0.39, 0.29) is 11.8 Å². The summed E-state index contributed by atoms with van der Waals surface area (Å²) in [4.78, 5) is 12.7. The molecule has 0 saturated heterocycles. The minimum Gasteiger partial charge on any atom is -0.494 e. The Balaban J connectivity index is 1.70. The Kier molecular flexibility index (Phi) is 6.39. The number of hydrogen-bond donors (Lipinski definition) is 1. The molecule has 1 amide bonds. The Bertz CT molecular complexity index is 871. The highest BCUT2D eigenvalue weighted by Crippen LogP contribution is 2.31. The first-order valence-corrected chi connectivity index (χ1v) is 10.8. The van der Waals surface area contributed by atoms with Crippen LogP contribution in [0.4, 0.5) is 5.69 Å². The number of fused-ring (bicyclic) bond motifs is 1. The molecule has 1 heterocycles. The molecule has 2 unspecified atom stereocenters. The molecule has 144 valence electrons. The smallest absolute Gasteiger partial charge is 0.231 e. The van der Waals surface area contributed by atoms with Crippen molar-refractivity contribution >= 4 is 34.0 Å². The number of hydrogen-bond acceptors (Lipinski definition) is 4. The third-order valence-corrected chi connectivity index (χ3v) is 5.38. The average molecular weight is 408 g/mol. The van der Waals surface area contributed by atoms with E-state index in [1.807, 2.05) is 25.1 Å². The summed E-state index contributed by atoms with van der Waals surface area (Å²) in [6.45, 7) is 2.85. The summed E-state index contributed by atoms with van der Waals surface area (Å²) in [6.07, 6.45) is 2.20. The van der Waals surface area contributed by atoms with Crippen LogP contribution < -0.4 is 14.8 Å². The predicted octanol–water partition coefficient (Wildman–Crippen LogP) is 3.81. The maximum absolute atomic E-state index is 12.7. The average Bonchev–Trinajstić information content (AvgIpc) is 2.63. The number of carbonyl (C=O) groups is 1. The van der Waals surface area contributed by atoms with Crippen LogP contribution in [0.1, 0.15) is 18.1 Å². The molecule has 1 aliphatic heterocycles. The first kappa shape index (κ1) is 19.7. The summed E-state index contributed by atoms with van der Waals surface area (Å²) in [5, 5.41) is 3.46. The molecule has 2 aromatic rings. The predicted molar refractivity (Wildman–Crippen MR) is 108 cm³/mol. The van der Waals surface area contributed by atoms with E-state index in [0.29, 0.717) is 36.1 Å². The zero-order valence-corrected chi connectivity index (χ0v) is 16.9. The fourth-order valence-corrected chi connectivity index (χ4v) is 3.96. The summed E-state index contributed by atoms with van der Waals surface area (Å²) in [5.74, 6) is 1.50. The fourth-order valence-electron chi connectivity index (χ4n) is 3.02. The van der Waals surface area contributed by atoms with Crippen molar-refractivity contribution < 1.29 is 18.5 Å². The zero-order chi connectivity index (χ0) is 19.4. The molecule has 0 fully saturated rings. The molecule has 1 N–H and O–H groups in total. The number of rotatable bonds is 6. The van der Waals surface area contributed by atoms with Gasteiger partial charge in [0.1, 0.15) is 18.1 Å². The van der Waals surface area contributed by atoms with Gasteiger partial charge in [0, 0.05) is 33.5 Å². The molecule has 0 radical (unpaired) electrons. The van der Waals surface area contributed by atoms with E-state index in [0.717, 1.165) is 22.6 Å². The Morgan fingerprint density at radius 1 is 1.33 bits per heavy atom. The second kappa shape index (κ2) is 8.76. The first-order valence-electron chi connectivity index (χ1n) is 8.74. The monoisotopic (exact) mass is 407 g/mol. The van der Waals surface area contributed by atoms with E-state index in [9.17, 15) is 9.00 Å². The van der Waals surface area contributed by atoms with Gasteiger partial charge in [-0.25, -0.2) is 0 Å². The number of carbonyl (C=O) groups excluding carboxylic acids is 1. The lowest BCUT2D eigenvalue weighted by atomic mass is 9.95. The van der Waals surface area contributed by atoms with Crippen LogP contribution in [0.2, 0.25) is 5.02 Å². The van der Waals surface area contributed by atoms with Crippen LogP contribution in [0, 0.1) is 5.92 Å². The van der Waals surface area contributed by atoms with Gasteiger partial charge in [0.05, 0.1) is 12.5 Å². The number of ether oxygens (including phenoxy) is 2. The molecule has 2 atom stereocenters. The molecular weight excluding hydrogens is 386 g/mol. The van der Waals surface area contributed by atoms with Gasteiger partial charge in [-0.1, -0.05) is 11.6 Å². The van der Waals surface area contributed by atoms with Crippen LogP contribution >= 0.6 is 11.6 Å². The van der Waals surface area contributed by atoms with Crippen LogP contribution in [-0.2, 0) is 27.8 Å². The summed E-state index contributed by atoms with van der Waals surface area (Å²) < 4.78 is 22.7. The van der Waals surface area contributed by atoms with E-state index >= 15 is 0 Å². The van der Waals surface area contributed by atoms with Gasteiger partial charge in [-0.3, -0.25) is 9.00 Å². The molecular formula is C20H22ClNO4S. The molecule has 0 aliphatic carbocycles. The standard InChI is InChI=1S/C20H22ClNO4S/c1-3-25-17-5-7-19-13(10-17)8-14(11-26-19)20(23)22-16-4-6-18(21)15(9-16)12-27(2)24/h4-7,9-10,14H,3,8,11-12H2,1-2H3,(H,22,23). The van der Waals surface area contributed by atoms with Gasteiger partial charge in [0.15, 0.2) is 0 Å². The lowest BCUT2D eigenvalue weighted by Gasteiger charge is -2.25. The Morgan fingerprint density at radius 3 is 2.89 bits per heavy atom. The third-order valence-electron chi connectivity index (χ3n) is 4.29. The SMILES string of the molecule is CCOc1ccc2c(c1)CC(C(=O)Nc1ccc(Cl)c(CS(C)=O)c1)CO2. The summed E-state index contributed by atoms with van der Waals surface area (Å²) >= 11 is 6.14. The molecule has 0 saturated carbocycles. The zero-order valence-electron chi connectivity index (χ0n) is 15.3. The van der Waals surface area contributed by atoms with Crippen molar-refractivity contribution in [3.05, 3.63) is 52.5 Å². The van der Waals surface area contributed by atoms with Crippen LogP contribution in [0.3, 0.4) is 0 Å². The lowest BCUT2D eigenvalue weighted by molar-refractivity contribution is -0.121. The normalized spacial score (nSPS) is 16.8. The van der Waals surface area contributed by atoms with Crippen LogP contribution in [0.5, 0.6) is 11.5 Å². The topological polar surface area (TPSA) is 64.6 Å². The van der Waals surface area contributed by atoms with Gasteiger partial charge < -0.3 is 14.8 Å². The van der Waals surface area contributed by atoms with Crippen molar-refractivity contribution in [1.82, 2.24) is 0 Å². The molecule has 0 spiro atoms. The highest BCUT2D eigenvalue weighted by atomic mass is 35.5. The van der Waals surface area contributed by atoms with Crippen molar-refractivity contribution in [3.63, 3.8) is 0 Å². The van der Waals surface area contributed by atoms with E-state index < -0.39 is 10.8 Å². The summed E-state index contributed by atoms with van der Waals surface area (Å²) in [7, 11) is -1.01. The Hall–Kier alpha value is -2.05. The van der Waals surface area contributed by atoms with E-state index in [2.05, 4.69) is 5.32 Å². The quantitative estimate of drug-likeness (QED) is 0.790. The van der Waals surface area contributed by atoms with Crippen LogP contribution in [0.25, 0.3) is 0 Å². The molecule has 2 aromatic carbocycles. The minimum atomic E-state index is -1.01. The highest BCUT2D eigenvalue weighted by molar-refractivity contribution is 7.83. The van der Waals surface area contributed by atoms with Gasteiger partial charge >= 0.3 is 0 Å². The molecule has 7 heteroatoms. The maximum Gasteiger partial charge on any atom is 0.231 e. The number of anilines is 1. The second-order valence-corrected chi connectivity index (χ2v) is 8.27. The van der Waals surface area contributed by atoms with Crippen LogP contribution in [-0.4, -0.2) is 29.6 Å². The Labute approximate surface area is 166 Å². The third kappa shape index (κ3) is 5.02. The van der Waals surface area contributed by atoms with Crippen LogP contribution in [0.15, 0.2) is 36.4 Å². The fraction of sp³-hybridized carbons (Fsp3) is 0.350. The Morgan fingerprint density at radius 2 is 2.15 bits per heavy atom. The molecule has 1 aliphatic rings.